The molecule has 0 saturated heterocycles. The molecule has 0 aliphatic carbocycles. The quantitative estimate of drug-likeness (QED) is 0.801. The molecule has 2 aromatic rings. The molecule has 0 saturated carbocycles. The molecule has 0 atom stereocenters. The van der Waals surface area contributed by atoms with E-state index >= 15 is 0 Å². The first-order chi connectivity index (χ1) is 12.3. The van der Waals surface area contributed by atoms with Crippen LogP contribution in [0.5, 0.6) is 5.75 Å². The van der Waals surface area contributed by atoms with Gasteiger partial charge in [0.15, 0.2) is 11.6 Å². The van der Waals surface area contributed by atoms with E-state index in [-0.39, 0.29) is 24.8 Å². The Morgan fingerprint density at radius 1 is 1.27 bits per heavy atom. The second-order valence-corrected chi connectivity index (χ2v) is 5.98. The highest BCUT2D eigenvalue weighted by Crippen LogP contribution is 2.22. The number of hydrogen-bond donors (Lipinski definition) is 1. The molecule has 6 nitrogen and oxygen atoms in total. The van der Waals surface area contributed by atoms with E-state index in [9.17, 15) is 14.0 Å². The average Bonchev–Trinajstić information content (AvgIpc) is 2.89. The van der Waals surface area contributed by atoms with E-state index in [1.807, 2.05) is 0 Å². The van der Waals surface area contributed by atoms with Crippen molar-refractivity contribution in [2.75, 3.05) is 20.8 Å². The van der Waals surface area contributed by atoms with Gasteiger partial charge in [0.25, 0.3) is 5.91 Å². The first-order valence-corrected chi connectivity index (χ1v) is 8.24. The van der Waals surface area contributed by atoms with Gasteiger partial charge in [-0.05, 0) is 44.0 Å². The molecule has 0 bridgehead atoms. The second-order valence-electron chi connectivity index (χ2n) is 5.98. The average molecular weight is 362 g/mol. The topological polar surface area (TPSA) is 71.6 Å². The SMILES string of the molecule is CCOC(=O)c1c(C)[nH]c(C(=O)N(C)Cc2ccc(OC)c(F)c2)c1C. The molecule has 0 unspecified atom stereocenters. The van der Waals surface area contributed by atoms with Crippen molar-refractivity contribution in [3.8, 4) is 5.75 Å². The van der Waals surface area contributed by atoms with Gasteiger partial charge in [0.1, 0.15) is 5.69 Å². The van der Waals surface area contributed by atoms with E-state index in [0.29, 0.717) is 28.1 Å². The Kier molecular flexibility index (Phi) is 6.02. The molecule has 2 rings (SSSR count). The number of H-pyrrole nitrogens is 1. The number of hydrogen-bond acceptors (Lipinski definition) is 4. The molecule has 7 heteroatoms. The fourth-order valence-electron chi connectivity index (χ4n) is 2.82. The van der Waals surface area contributed by atoms with E-state index in [4.69, 9.17) is 9.47 Å². The number of nitrogens with zero attached hydrogens (tertiary/aromatic N) is 1. The summed E-state index contributed by atoms with van der Waals surface area (Å²) in [4.78, 5) is 29.2. The Morgan fingerprint density at radius 3 is 2.54 bits per heavy atom. The second kappa shape index (κ2) is 8.03. The number of carbonyl (C=O) groups excluding carboxylic acids is 2. The lowest BCUT2D eigenvalue weighted by atomic mass is 10.1. The third kappa shape index (κ3) is 3.87. The van der Waals surface area contributed by atoms with Gasteiger partial charge in [-0.15, -0.1) is 0 Å². The molecule has 1 N–H and O–H groups in total. The van der Waals surface area contributed by atoms with Gasteiger partial charge in [-0.3, -0.25) is 4.79 Å². The van der Waals surface area contributed by atoms with Gasteiger partial charge in [0.05, 0.1) is 19.3 Å². The summed E-state index contributed by atoms with van der Waals surface area (Å²) in [6.07, 6.45) is 0. The lowest BCUT2D eigenvalue weighted by Crippen LogP contribution is -2.27. The number of nitrogens with one attached hydrogen (secondary N) is 1. The number of aromatic nitrogens is 1. The van der Waals surface area contributed by atoms with Gasteiger partial charge in [0, 0.05) is 19.3 Å². The van der Waals surface area contributed by atoms with E-state index < -0.39 is 11.8 Å². The molecule has 1 aromatic heterocycles. The Labute approximate surface area is 151 Å². The van der Waals surface area contributed by atoms with Gasteiger partial charge in [-0.25, -0.2) is 9.18 Å². The van der Waals surface area contributed by atoms with E-state index in [1.54, 1.807) is 33.9 Å². The van der Waals surface area contributed by atoms with Crippen LogP contribution in [-0.4, -0.2) is 42.5 Å². The van der Waals surface area contributed by atoms with Gasteiger partial charge in [-0.1, -0.05) is 6.07 Å². The predicted molar refractivity (Wildman–Crippen MR) is 95.0 cm³/mol. The molecule has 26 heavy (non-hydrogen) atoms. The van der Waals surface area contributed by atoms with Gasteiger partial charge in [0.2, 0.25) is 0 Å². The highest BCUT2D eigenvalue weighted by molar-refractivity contribution is 6.00. The summed E-state index contributed by atoms with van der Waals surface area (Å²) in [6.45, 7) is 5.61. The van der Waals surface area contributed by atoms with Crippen LogP contribution >= 0.6 is 0 Å². The van der Waals surface area contributed by atoms with Crippen molar-refractivity contribution in [3.63, 3.8) is 0 Å². The van der Waals surface area contributed by atoms with Crippen LogP contribution in [0.3, 0.4) is 0 Å². The molecule has 0 aliphatic rings. The highest BCUT2D eigenvalue weighted by atomic mass is 19.1. The monoisotopic (exact) mass is 362 g/mol. The number of aromatic amines is 1. The summed E-state index contributed by atoms with van der Waals surface area (Å²) in [7, 11) is 3.01. The molecule has 0 spiro atoms. The van der Waals surface area contributed by atoms with Crippen LogP contribution in [-0.2, 0) is 11.3 Å². The summed E-state index contributed by atoms with van der Waals surface area (Å²) in [5, 5.41) is 0. The molecule has 0 radical (unpaired) electrons. The largest absolute Gasteiger partial charge is 0.494 e. The fourth-order valence-corrected chi connectivity index (χ4v) is 2.82. The van der Waals surface area contributed by atoms with E-state index in [0.717, 1.165) is 0 Å². The normalized spacial score (nSPS) is 10.5. The number of carbonyl (C=O) groups is 2. The van der Waals surface area contributed by atoms with Crippen LogP contribution in [0.15, 0.2) is 18.2 Å². The van der Waals surface area contributed by atoms with Crippen molar-refractivity contribution in [2.24, 2.45) is 0 Å². The minimum atomic E-state index is -0.484. The third-order valence-electron chi connectivity index (χ3n) is 4.11. The minimum absolute atomic E-state index is 0.151. The first kappa shape index (κ1) is 19.5. The Hall–Kier alpha value is -2.83. The maximum atomic E-state index is 13.8. The number of esters is 1. The van der Waals surface area contributed by atoms with Crippen molar-refractivity contribution in [1.29, 1.82) is 0 Å². The highest BCUT2D eigenvalue weighted by Gasteiger charge is 2.24. The Bertz CT molecular complexity index is 829. The number of amides is 1. The third-order valence-corrected chi connectivity index (χ3v) is 4.11. The smallest absolute Gasteiger partial charge is 0.340 e. The van der Waals surface area contributed by atoms with Crippen molar-refractivity contribution in [3.05, 3.63) is 52.1 Å². The Morgan fingerprint density at radius 2 is 1.96 bits per heavy atom. The van der Waals surface area contributed by atoms with Crippen LogP contribution < -0.4 is 4.74 Å². The number of ether oxygens (including phenoxy) is 2. The zero-order valence-corrected chi connectivity index (χ0v) is 15.6. The number of benzene rings is 1. The van der Waals surface area contributed by atoms with Crippen molar-refractivity contribution in [1.82, 2.24) is 9.88 Å². The van der Waals surface area contributed by atoms with Crippen LogP contribution in [0.2, 0.25) is 0 Å². The summed E-state index contributed by atoms with van der Waals surface area (Å²) < 4.78 is 23.7. The summed E-state index contributed by atoms with van der Waals surface area (Å²) >= 11 is 0. The van der Waals surface area contributed by atoms with Crippen molar-refractivity contribution >= 4 is 11.9 Å². The number of halogens is 1. The molecule has 140 valence electrons. The van der Waals surface area contributed by atoms with Crippen LogP contribution in [0.1, 0.15) is 44.6 Å². The van der Waals surface area contributed by atoms with Gasteiger partial charge < -0.3 is 19.4 Å². The van der Waals surface area contributed by atoms with Crippen LogP contribution in [0, 0.1) is 19.7 Å². The standard InChI is InChI=1S/C19H23FN2O4/c1-6-26-19(24)16-11(2)17(21-12(16)3)18(23)22(4)10-13-7-8-15(25-5)14(20)9-13/h7-9,21H,6,10H2,1-5H3. The maximum absolute atomic E-state index is 13.8. The molecule has 1 heterocycles. The molecule has 0 aliphatic heterocycles. The summed E-state index contributed by atoms with van der Waals surface area (Å²) in [5.74, 6) is -1.09. The summed E-state index contributed by atoms with van der Waals surface area (Å²) in [5.41, 5.74) is 2.44. The van der Waals surface area contributed by atoms with Crippen LogP contribution in [0.25, 0.3) is 0 Å². The van der Waals surface area contributed by atoms with Crippen molar-refractivity contribution < 1.29 is 23.5 Å². The number of rotatable bonds is 6. The van der Waals surface area contributed by atoms with Gasteiger partial charge >= 0.3 is 5.97 Å². The Balaban J connectivity index is 2.22. The molecular formula is C19H23FN2O4. The lowest BCUT2D eigenvalue weighted by Gasteiger charge is -2.17. The van der Waals surface area contributed by atoms with Crippen LogP contribution in [0.4, 0.5) is 4.39 Å². The maximum Gasteiger partial charge on any atom is 0.340 e. The van der Waals surface area contributed by atoms with Gasteiger partial charge in [-0.2, -0.15) is 0 Å². The van der Waals surface area contributed by atoms with E-state index in [2.05, 4.69) is 4.98 Å². The zero-order valence-electron chi connectivity index (χ0n) is 15.6. The first-order valence-electron chi connectivity index (χ1n) is 8.24. The number of aryl methyl sites for hydroxylation is 1. The number of methoxy groups -OCH3 is 1. The minimum Gasteiger partial charge on any atom is -0.494 e. The fraction of sp³-hybridized carbons (Fsp3) is 0.368. The molecule has 1 amide bonds. The lowest BCUT2D eigenvalue weighted by molar-refractivity contribution is 0.0525. The predicted octanol–water partition coefficient (Wildman–Crippen LogP) is 3.23. The van der Waals surface area contributed by atoms with E-state index in [1.165, 1.54) is 24.1 Å². The molecule has 0 fully saturated rings. The molecular weight excluding hydrogens is 339 g/mol. The summed E-state index contributed by atoms with van der Waals surface area (Å²) in [6, 6.07) is 4.55. The molecule has 1 aromatic carbocycles. The van der Waals surface area contributed by atoms with Crippen molar-refractivity contribution in [2.45, 2.75) is 27.3 Å². The zero-order chi connectivity index (χ0) is 19.4.